The summed E-state index contributed by atoms with van der Waals surface area (Å²) in [5.41, 5.74) is 6.11. The predicted molar refractivity (Wildman–Crippen MR) is 198 cm³/mol. The summed E-state index contributed by atoms with van der Waals surface area (Å²) >= 11 is -0.180. The Bertz CT molecular complexity index is 1870. The molecule has 0 aromatic heterocycles. The molecule has 0 saturated heterocycles. The van der Waals surface area contributed by atoms with Gasteiger partial charge in [0.15, 0.2) is 21.4 Å². The maximum atomic E-state index is 12.6. The van der Waals surface area contributed by atoms with Gasteiger partial charge in [0.1, 0.15) is 5.82 Å². The second-order valence-electron chi connectivity index (χ2n) is 14.2. The second-order valence-corrected chi connectivity index (χ2v) is 23.3. The van der Waals surface area contributed by atoms with Gasteiger partial charge in [0.05, 0.1) is 0 Å². The van der Waals surface area contributed by atoms with E-state index in [-0.39, 0.29) is 74.8 Å². The van der Waals surface area contributed by atoms with Gasteiger partial charge in [0.2, 0.25) is 0 Å². The maximum absolute atomic E-state index is 12.6. The summed E-state index contributed by atoms with van der Waals surface area (Å²) in [7, 11) is 0. The summed E-state index contributed by atoms with van der Waals surface area (Å²) in [4.78, 5) is 0. The Labute approximate surface area is 336 Å². The molecule has 0 atom stereocenters. The molecule has 0 N–H and O–H groups in total. The van der Waals surface area contributed by atoms with Gasteiger partial charge in [-0.15, -0.1) is 0 Å². The quantitative estimate of drug-likeness (QED) is 0.206. The van der Waals surface area contributed by atoms with E-state index >= 15 is 0 Å². The van der Waals surface area contributed by atoms with E-state index in [0.29, 0.717) is 0 Å². The SMILES string of the molecule is Cc1ccc([I+]c2ccc(C(C)(C)C)cc2)cc1.Fc1ccc([I+]c2ccccc2)cc1.c1cc(C2CC2)ccc1[I+]c1ccc(C2CC2)cc1. The number of benzene rings is 6. The van der Waals surface area contributed by atoms with Crippen LogP contribution in [-0.2, 0) is 5.41 Å². The van der Waals surface area contributed by atoms with Gasteiger partial charge in [0, 0.05) is 0 Å². The molecule has 6 aromatic carbocycles. The molecule has 4 heteroatoms. The molecule has 0 spiro atoms. The highest BCUT2D eigenvalue weighted by atomic mass is 127. The summed E-state index contributed by atoms with van der Waals surface area (Å²) in [6, 6.07) is 54.1. The van der Waals surface area contributed by atoms with E-state index in [2.05, 4.69) is 137 Å². The van der Waals surface area contributed by atoms with Crippen molar-refractivity contribution >= 4 is 0 Å². The molecule has 0 aliphatic heterocycles. The predicted octanol–water partition coefficient (Wildman–Crippen LogP) is 2.94. The van der Waals surface area contributed by atoms with Gasteiger partial charge in [-0.05, 0) is 151 Å². The van der Waals surface area contributed by atoms with Crippen LogP contribution in [0.5, 0.6) is 0 Å². The molecule has 2 aliphatic carbocycles. The van der Waals surface area contributed by atoms with E-state index in [4.69, 9.17) is 0 Å². The molecule has 51 heavy (non-hydrogen) atoms. The van der Waals surface area contributed by atoms with Gasteiger partial charge in [-0.1, -0.05) is 93.1 Å². The minimum atomic E-state index is -0.161. The van der Waals surface area contributed by atoms with Gasteiger partial charge in [-0.25, -0.2) is 4.39 Å². The van der Waals surface area contributed by atoms with E-state index in [0.717, 1.165) is 11.8 Å². The Balaban J connectivity index is 0.000000133. The lowest BCUT2D eigenvalue weighted by molar-refractivity contribution is -0.597. The van der Waals surface area contributed by atoms with Crippen molar-refractivity contribution in [1.82, 2.24) is 0 Å². The van der Waals surface area contributed by atoms with Crippen LogP contribution in [0.15, 0.2) is 152 Å². The van der Waals surface area contributed by atoms with E-state index < -0.39 is 0 Å². The molecule has 0 radical (unpaired) electrons. The first-order valence-corrected chi connectivity index (χ1v) is 24.3. The Morgan fingerprint density at radius 2 is 0.765 bits per heavy atom. The van der Waals surface area contributed by atoms with Crippen molar-refractivity contribution in [2.45, 2.75) is 70.6 Å². The Morgan fingerprint density at radius 3 is 1.14 bits per heavy atom. The number of rotatable bonds is 8. The lowest BCUT2D eigenvalue weighted by Gasteiger charge is -2.18. The van der Waals surface area contributed by atoms with Crippen molar-refractivity contribution in [3.8, 4) is 0 Å². The molecule has 260 valence electrons. The molecule has 6 aromatic rings. The molecular formula is C47H47FI3+3. The highest BCUT2D eigenvalue weighted by Gasteiger charge is 2.26. The number of hydrogen-bond donors (Lipinski definition) is 0. The van der Waals surface area contributed by atoms with Gasteiger partial charge in [0.25, 0.3) is 0 Å². The summed E-state index contributed by atoms with van der Waals surface area (Å²) in [5, 5.41) is 0. The highest BCUT2D eigenvalue weighted by Crippen LogP contribution is 2.40. The van der Waals surface area contributed by atoms with Crippen LogP contribution in [-0.4, -0.2) is 0 Å². The topological polar surface area (TPSA) is 0 Å². The van der Waals surface area contributed by atoms with E-state index in [1.165, 1.54) is 63.2 Å². The monoisotopic (exact) mass is 1010 g/mol. The fraction of sp³-hybridized carbons (Fsp3) is 0.234. The van der Waals surface area contributed by atoms with Crippen LogP contribution in [0.4, 0.5) is 4.39 Å². The Kier molecular flexibility index (Phi) is 13.8. The molecule has 2 saturated carbocycles. The summed E-state index contributed by atoms with van der Waals surface area (Å²) < 4.78 is 21.3. The van der Waals surface area contributed by atoms with Crippen LogP contribution in [0.2, 0.25) is 0 Å². The van der Waals surface area contributed by atoms with Crippen LogP contribution in [0.3, 0.4) is 0 Å². The highest BCUT2D eigenvalue weighted by molar-refractivity contribution is 5.25. The van der Waals surface area contributed by atoms with Crippen molar-refractivity contribution in [2.75, 3.05) is 0 Å². The molecule has 2 aliphatic rings. The number of hydrogen-bond acceptors (Lipinski definition) is 0. The van der Waals surface area contributed by atoms with Crippen molar-refractivity contribution in [1.29, 1.82) is 0 Å². The first-order valence-electron chi connectivity index (χ1n) is 17.8. The van der Waals surface area contributed by atoms with E-state index in [1.807, 2.05) is 30.3 Å². The standard InChI is InChI=1S/C18H18I.C17H20I.C12H9FI/c1-2-13(1)15-5-9-17(10-6-15)19-18-11-7-16(8-12-18)14-3-4-14;1-13-5-9-15(10-6-13)18-16-11-7-14(8-12-16)17(2,3)4;13-10-6-8-12(9-7-10)14-11-4-2-1-3-5-11/h5-14H,1-4H2;5-12H,1-4H3;1-9H/q3*+1. The van der Waals surface area contributed by atoms with Crippen molar-refractivity contribution in [3.05, 3.63) is 201 Å². The fourth-order valence-corrected chi connectivity index (χ4v) is 11.9. The first-order chi connectivity index (χ1) is 24.7. The third kappa shape index (κ3) is 12.8. The number of aryl methyl sites for hydroxylation is 1. The van der Waals surface area contributed by atoms with Gasteiger partial charge < -0.3 is 0 Å². The van der Waals surface area contributed by atoms with Crippen LogP contribution < -0.4 is 63.6 Å². The van der Waals surface area contributed by atoms with Crippen LogP contribution >= 0.6 is 0 Å². The molecule has 2 fully saturated rings. The van der Waals surface area contributed by atoms with Crippen molar-refractivity contribution in [3.63, 3.8) is 0 Å². The molecule has 0 heterocycles. The van der Waals surface area contributed by atoms with Gasteiger partial charge >= 0.3 is 63.6 Å². The second kappa shape index (κ2) is 18.5. The zero-order chi connectivity index (χ0) is 35.6. The van der Waals surface area contributed by atoms with Gasteiger partial charge in [-0.2, -0.15) is 0 Å². The normalized spacial score (nSPS) is 13.7. The average Bonchev–Trinajstić information content (AvgIpc) is 4.07. The Morgan fingerprint density at radius 1 is 0.431 bits per heavy atom. The van der Waals surface area contributed by atoms with Crippen LogP contribution in [0.25, 0.3) is 0 Å². The zero-order valence-electron chi connectivity index (χ0n) is 29.9. The molecule has 8 rings (SSSR count). The first kappa shape index (κ1) is 38.2. The lowest BCUT2D eigenvalue weighted by atomic mass is 9.87. The van der Waals surface area contributed by atoms with Crippen LogP contribution in [0.1, 0.15) is 80.5 Å². The fourth-order valence-electron chi connectivity index (χ4n) is 5.39. The smallest absolute Gasteiger partial charge is 0.207 e. The summed E-state index contributed by atoms with van der Waals surface area (Å²) in [5.74, 6) is 1.60. The largest absolute Gasteiger partial charge is 0.357 e. The minimum Gasteiger partial charge on any atom is -0.207 e. The van der Waals surface area contributed by atoms with E-state index in [1.54, 1.807) is 18.3 Å². The average molecular weight is 1010 g/mol. The number of halogens is 4. The third-order valence-corrected chi connectivity index (χ3v) is 16.8. The molecule has 0 bridgehead atoms. The van der Waals surface area contributed by atoms with Crippen LogP contribution in [0, 0.1) is 34.2 Å². The lowest BCUT2D eigenvalue weighted by Crippen LogP contribution is -3.61. The maximum Gasteiger partial charge on any atom is 0.357 e. The van der Waals surface area contributed by atoms with E-state index in [9.17, 15) is 4.39 Å². The zero-order valence-corrected chi connectivity index (χ0v) is 36.4. The Hall–Kier alpha value is -2.56. The van der Waals surface area contributed by atoms with Gasteiger partial charge in [-0.3, -0.25) is 0 Å². The molecule has 0 amide bonds. The summed E-state index contributed by atoms with van der Waals surface area (Å²) in [6.07, 6.45) is 5.60. The van der Waals surface area contributed by atoms with Crippen molar-refractivity contribution < 1.29 is 68.0 Å². The molecule has 0 nitrogen and oxygen atoms in total. The molecular weight excluding hydrogens is 964 g/mol. The van der Waals surface area contributed by atoms with Crippen molar-refractivity contribution in [2.24, 2.45) is 0 Å². The summed E-state index contributed by atoms with van der Waals surface area (Å²) in [6.45, 7) is 8.92. The minimum absolute atomic E-state index is 0.00425. The molecule has 0 unspecified atom stereocenters. The third-order valence-electron chi connectivity index (χ3n) is 8.75.